The van der Waals surface area contributed by atoms with Crippen LogP contribution in [0.3, 0.4) is 0 Å². The van der Waals surface area contributed by atoms with Crippen molar-refractivity contribution in [2.45, 2.75) is 25.9 Å². The molecule has 1 unspecified atom stereocenters. The van der Waals surface area contributed by atoms with Crippen molar-refractivity contribution < 1.29 is 17.9 Å². The molecule has 0 aliphatic carbocycles. The van der Waals surface area contributed by atoms with E-state index in [1.165, 1.54) is 0 Å². The molecule has 0 aromatic heterocycles. The van der Waals surface area contributed by atoms with Crippen LogP contribution in [0.25, 0.3) is 0 Å². The lowest BCUT2D eigenvalue weighted by atomic mass is 10.1. The highest BCUT2D eigenvalue weighted by atomic mass is 32.1. The van der Waals surface area contributed by atoms with Crippen LogP contribution in [0.2, 0.25) is 0 Å². The Morgan fingerprint density at radius 1 is 1.32 bits per heavy atom. The minimum atomic E-state index is -4.48. The molecule has 2 N–H and O–H groups in total. The molecule has 0 amide bonds. The second-order valence-corrected chi connectivity index (χ2v) is 4.67. The summed E-state index contributed by atoms with van der Waals surface area (Å²) in [6.07, 6.45) is -2.54. The Morgan fingerprint density at radius 2 is 1.89 bits per heavy atom. The number of nitrogens with two attached hydrogens (primary N) is 1. The summed E-state index contributed by atoms with van der Waals surface area (Å²) in [6.45, 7) is 1.46. The van der Waals surface area contributed by atoms with Crippen LogP contribution < -0.4 is 10.5 Å². The van der Waals surface area contributed by atoms with Crippen LogP contribution in [0, 0.1) is 5.92 Å². The molecule has 0 spiro atoms. The first-order valence-corrected chi connectivity index (χ1v) is 6.33. The van der Waals surface area contributed by atoms with E-state index in [-0.39, 0.29) is 0 Å². The van der Waals surface area contributed by atoms with E-state index in [0.29, 0.717) is 5.75 Å². The summed E-state index contributed by atoms with van der Waals surface area (Å²) < 4.78 is 42.9. The van der Waals surface area contributed by atoms with Gasteiger partial charge in [0, 0.05) is 0 Å². The third kappa shape index (κ3) is 5.06. The van der Waals surface area contributed by atoms with Gasteiger partial charge in [0.2, 0.25) is 0 Å². The van der Waals surface area contributed by atoms with Crippen molar-refractivity contribution in [3.63, 3.8) is 0 Å². The topological polar surface area (TPSA) is 35.2 Å². The molecule has 0 saturated heterocycles. The minimum Gasteiger partial charge on any atom is -0.493 e. The number of rotatable bonds is 6. The number of hydrogen-bond acceptors (Lipinski definition) is 2. The SMILES string of the molecule is CCCc1ccc(OCC(C(N)=S)C(F)(F)F)cc1. The van der Waals surface area contributed by atoms with E-state index >= 15 is 0 Å². The van der Waals surface area contributed by atoms with E-state index in [9.17, 15) is 13.2 Å². The van der Waals surface area contributed by atoms with E-state index in [1.54, 1.807) is 12.1 Å². The van der Waals surface area contributed by atoms with Crippen LogP contribution in [-0.2, 0) is 6.42 Å². The Kier molecular flexibility index (Phi) is 5.60. The Hall–Kier alpha value is -1.30. The highest BCUT2D eigenvalue weighted by molar-refractivity contribution is 7.80. The van der Waals surface area contributed by atoms with Gasteiger partial charge in [-0.2, -0.15) is 13.2 Å². The normalized spacial score (nSPS) is 13.1. The first-order chi connectivity index (χ1) is 8.84. The van der Waals surface area contributed by atoms with E-state index in [4.69, 9.17) is 10.5 Å². The molecule has 0 aliphatic rings. The van der Waals surface area contributed by atoms with E-state index in [0.717, 1.165) is 18.4 Å². The number of benzene rings is 1. The van der Waals surface area contributed by atoms with Crippen molar-refractivity contribution >= 4 is 17.2 Å². The molecule has 1 aromatic rings. The maximum Gasteiger partial charge on any atom is 0.401 e. The van der Waals surface area contributed by atoms with Gasteiger partial charge in [0.05, 0.1) is 4.99 Å². The predicted octanol–water partition coefficient (Wildman–Crippen LogP) is 3.48. The molecule has 0 saturated carbocycles. The van der Waals surface area contributed by atoms with Gasteiger partial charge in [-0.05, 0) is 24.1 Å². The third-order valence-corrected chi connectivity index (χ3v) is 2.90. The summed E-state index contributed by atoms with van der Waals surface area (Å²) in [5, 5.41) is 0. The minimum absolute atomic E-state index is 0.380. The van der Waals surface area contributed by atoms with E-state index in [1.807, 2.05) is 12.1 Å². The molecule has 0 radical (unpaired) electrons. The molecule has 1 atom stereocenters. The molecular weight excluding hydrogens is 275 g/mol. The number of ether oxygens (including phenoxy) is 1. The van der Waals surface area contributed by atoms with Gasteiger partial charge in [-0.25, -0.2) is 0 Å². The molecule has 2 nitrogen and oxygen atoms in total. The molecular formula is C13H16F3NOS. The average molecular weight is 291 g/mol. The Labute approximate surface area is 115 Å². The van der Waals surface area contributed by atoms with Crippen molar-refractivity contribution in [3.8, 4) is 5.75 Å². The summed E-state index contributed by atoms with van der Waals surface area (Å²) in [4.78, 5) is -0.602. The average Bonchev–Trinajstić information content (AvgIpc) is 2.29. The molecule has 0 aliphatic heterocycles. The smallest absolute Gasteiger partial charge is 0.401 e. The van der Waals surface area contributed by atoms with Crippen LogP contribution in [0.15, 0.2) is 24.3 Å². The highest BCUT2D eigenvalue weighted by Gasteiger charge is 2.42. The van der Waals surface area contributed by atoms with Crippen molar-refractivity contribution in [3.05, 3.63) is 29.8 Å². The lowest BCUT2D eigenvalue weighted by Gasteiger charge is -2.19. The Balaban J connectivity index is 2.62. The second kappa shape index (κ2) is 6.75. The van der Waals surface area contributed by atoms with Crippen molar-refractivity contribution in [1.29, 1.82) is 0 Å². The van der Waals surface area contributed by atoms with Gasteiger partial charge in [-0.15, -0.1) is 0 Å². The first-order valence-electron chi connectivity index (χ1n) is 5.92. The monoisotopic (exact) mass is 291 g/mol. The zero-order valence-corrected chi connectivity index (χ0v) is 11.4. The number of aryl methyl sites for hydroxylation is 1. The van der Waals surface area contributed by atoms with E-state index in [2.05, 4.69) is 19.1 Å². The molecule has 19 heavy (non-hydrogen) atoms. The molecule has 106 valence electrons. The Bertz CT molecular complexity index is 417. The van der Waals surface area contributed by atoms with Crippen LogP contribution in [0.4, 0.5) is 13.2 Å². The molecule has 0 fully saturated rings. The summed E-state index contributed by atoms with van der Waals surface area (Å²) in [6, 6.07) is 6.97. The summed E-state index contributed by atoms with van der Waals surface area (Å²) in [5.74, 6) is -1.54. The highest BCUT2D eigenvalue weighted by Crippen LogP contribution is 2.27. The fourth-order valence-electron chi connectivity index (χ4n) is 1.56. The van der Waals surface area contributed by atoms with Gasteiger partial charge in [0.15, 0.2) is 0 Å². The summed E-state index contributed by atoms with van der Waals surface area (Å²) in [7, 11) is 0. The molecule has 1 rings (SSSR count). The van der Waals surface area contributed by atoms with Crippen LogP contribution >= 0.6 is 12.2 Å². The van der Waals surface area contributed by atoms with Crippen molar-refractivity contribution in [2.24, 2.45) is 11.7 Å². The standard InChI is InChI=1S/C13H16F3NOS/c1-2-3-9-4-6-10(7-5-9)18-8-11(12(17)19)13(14,15)16/h4-7,11H,2-3,8H2,1H3,(H2,17,19). The number of hydrogen-bond donors (Lipinski definition) is 1. The molecule has 0 bridgehead atoms. The van der Waals surface area contributed by atoms with Crippen molar-refractivity contribution in [1.82, 2.24) is 0 Å². The van der Waals surface area contributed by atoms with Gasteiger partial charge in [-0.3, -0.25) is 0 Å². The predicted molar refractivity (Wildman–Crippen MR) is 72.3 cm³/mol. The fourth-order valence-corrected chi connectivity index (χ4v) is 1.76. The third-order valence-electron chi connectivity index (χ3n) is 2.62. The first kappa shape index (κ1) is 15.8. The molecule has 6 heteroatoms. The lowest BCUT2D eigenvalue weighted by Crippen LogP contribution is -2.38. The number of halogens is 3. The van der Waals surface area contributed by atoms with Crippen LogP contribution in [0.1, 0.15) is 18.9 Å². The Morgan fingerprint density at radius 3 is 2.32 bits per heavy atom. The summed E-state index contributed by atoms with van der Waals surface area (Å²) >= 11 is 4.41. The fraction of sp³-hybridized carbons (Fsp3) is 0.462. The number of thiocarbonyl (C=S) groups is 1. The number of alkyl halides is 3. The maximum absolute atomic E-state index is 12.6. The van der Waals surface area contributed by atoms with Crippen LogP contribution in [0.5, 0.6) is 5.75 Å². The van der Waals surface area contributed by atoms with Gasteiger partial charge < -0.3 is 10.5 Å². The molecule has 0 heterocycles. The quantitative estimate of drug-likeness (QED) is 0.815. The van der Waals surface area contributed by atoms with Gasteiger partial charge in [0.1, 0.15) is 18.3 Å². The van der Waals surface area contributed by atoms with E-state index < -0.39 is 23.7 Å². The molecule has 1 aromatic carbocycles. The largest absolute Gasteiger partial charge is 0.493 e. The van der Waals surface area contributed by atoms with Gasteiger partial charge in [0.25, 0.3) is 0 Å². The second-order valence-electron chi connectivity index (χ2n) is 4.20. The zero-order valence-electron chi connectivity index (χ0n) is 10.5. The van der Waals surface area contributed by atoms with Crippen LogP contribution in [-0.4, -0.2) is 17.8 Å². The van der Waals surface area contributed by atoms with Gasteiger partial charge in [-0.1, -0.05) is 37.7 Å². The summed E-state index contributed by atoms with van der Waals surface area (Å²) in [5.41, 5.74) is 6.20. The maximum atomic E-state index is 12.6. The van der Waals surface area contributed by atoms with Gasteiger partial charge >= 0.3 is 6.18 Å². The zero-order chi connectivity index (χ0) is 14.5. The lowest BCUT2D eigenvalue weighted by molar-refractivity contribution is -0.161. The van der Waals surface area contributed by atoms with Crippen molar-refractivity contribution in [2.75, 3.05) is 6.61 Å².